The largest absolute Gasteiger partial charge is 2.00 e. The molecular formula is C28H54MgN8O4S4. The first-order chi connectivity index (χ1) is 21.2. The van der Waals surface area contributed by atoms with Gasteiger partial charge in [-0.15, -0.1) is 0 Å². The first kappa shape index (κ1) is 44.6. The van der Waals surface area contributed by atoms with Gasteiger partial charge in [0.25, 0.3) is 0 Å². The van der Waals surface area contributed by atoms with Gasteiger partial charge in [0, 0.05) is 47.2 Å². The molecule has 256 valence electrons. The summed E-state index contributed by atoms with van der Waals surface area (Å²) in [5, 5.41) is 29.9. The summed E-state index contributed by atoms with van der Waals surface area (Å²) in [5.74, 6) is 0.537. The van der Waals surface area contributed by atoms with E-state index in [0.29, 0.717) is 51.9 Å². The van der Waals surface area contributed by atoms with Crippen LogP contribution in [0.5, 0.6) is 0 Å². The van der Waals surface area contributed by atoms with E-state index in [1.54, 1.807) is 0 Å². The molecule has 2 rings (SSSR count). The molecule has 2 saturated heterocycles. The van der Waals surface area contributed by atoms with E-state index in [-0.39, 0.29) is 35.0 Å². The van der Waals surface area contributed by atoms with Crippen molar-refractivity contribution in [3.63, 3.8) is 0 Å². The zero-order valence-corrected chi connectivity index (χ0v) is 31.3. The second-order valence-corrected chi connectivity index (χ2v) is 16.5. The van der Waals surface area contributed by atoms with Crippen LogP contribution in [0.25, 0.3) is 0 Å². The van der Waals surface area contributed by atoms with E-state index in [9.17, 15) is 19.8 Å². The van der Waals surface area contributed by atoms with Crippen LogP contribution in [0.3, 0.4) is 0 Å². The number of hydrogen-bond donors (Lipinski definition) is 6. The molecule has 0 aromatic carbocycles. The summed E-state index contributed by atoms with van der Waals surface area (Å²) in [6.07, 6.45) is 14.2. The topological polar surface area (TPSA) is 233 Å². The zero-order chi connectivity index (χ0) is 32.4. The van der Waals surface area contributed by atoms with Crippen molar-refractivity contribution in [3.8, 4) is 0 Å². The predicted molar refractivity (Wildman–Crippen MR) is 193 cm³/mol. The van der Waals surface area contributed by atoms with Crippen LogP contribution in [0, 0.1) is 0 Å². The quantitative estimate of drug-likeness (QED) is 0.0263. The summed E-state index contributed by atoms with van der Waals surface area (Å²) in [5.41, 5.74) is 20.9. The van der Waals surface area contributed by atoms with E-state index >= 15 is 0 Å². The van der Waals surface area contributed by atoms with Crippen LogP contribution in [0.4, 0.5) is 0 Å². The number of nitrogens with one attached hydrogen (secondary N) is 2. The third-order valence-electron chi connectivity index (χ3n) is 7.10. The second kappa shape index (κ2) is 29.7. The molecule has 12 nitrogen and oxygen atoms in total. The molecule has 10 N–H and O–H groups in total. The number of nitrogens with zero attached hydrogens (tertiary/aromatic N) is 2. The van der Waals surface area contributed by atoms with Crippen LogP contribution in [-0.2, 0) is 9.59 Å². The Morgan fingerprint density at radius 1 is 0.667 bits per heavy atom. The Balaban J connectivity index is 0.000000842. The van der Waals surface area contributed by atoms with Gasteiger partial charge in [-0.05, 0) is 77.3 Å². The zero-order valence-electron chi connectivity index (χ0n) is 26.6. The van der Waals surface area contributed by atoms with Crippen LogP contribution in [0.15, 0.2) is 9.98 Å². The summed E-state index contributed by atoms with van der Waals surface area (Å²) in [6, 6.07) is -1.23. The number of guanidine groups is 2. The van der Waals surface area contributed by atoms with Gasteiger partial charge in [-0.3, -0.25) is 9.98 Å². The number of carboxylic acids is 2. The maximum Gasteiger partial charge on any atom is 2.00 e. The van der Waals surface area contributed by atoms with E-state index in [4.69, 9.17) is 22.9 Å². The molecule has 2 fully saturated rings. The summed E-state index contributed by atoms with van der Waals surface area (Å²) in [6.45, 7) is 2.33. The van der Waals surface area contributed by atoms with E-state index < -0.39 is 24.0 Å². The number of unbranched alkanes of at least 4 members (excludes halogenated alkanes) is 4. The van der Waals surface area contributed by atoms with Gasteiger partial charge in [0.05, 0.1) is 11.9 Å². The SMILES string of the molecule is NC(N)=NCCC[C@H](NCCCCCC1CCSS1)C(=O)[O-].NC(N)=NCCC[C@H](NCCCCCC1CCSS1)C(=O)[O-].[Mg+2]. The van der Waals surface area contributed by atoms with Gasteiger partial charge < -0.3 is 53.4 Å². The van der Waals surface area contributed by atoms with E-state index in [0.717, 1.165) is 36.2 Å². The molecule has 17 heteroatoms. The number of carboxylic acid groups (broad SMARTS) is 2. The molecule has 0 amide bonds. The average molecular weight is 719 g/mol. The third-order valence-corrected chi connectivity index (χ3v) is 13.1. The smallest absolute Gasteiger partial charge is 0.548 e. The number of nitrogens with two attached hydrogens (primary N) is 4. The molecule has 0 bridgehead atoms. The van der Waals surface area contributed by atoms with Crippen molar-refractivity contribution in [2.75, 3.05) is 37.7 Å². The van der Waals surface area contributed by atoms with E-state index in [1.807, 2.05) is 43.2 Å². The minimum atomic E-state index is -1.05. The fourth-order valence-corrected chi connectivity index (χ4v) is 10.7. The van der Waals surface area contributed by atoms with Gasteiger partial charge in [0.2, 0.25) is 0 Å². The maximum absolute atomic E-state index is 11.1. The number of carbonyl (C=O) groups is 2. The Morgan fingerprint density at radius 3 is 1.38 bits per heavy atom. The van der Waals surface area contributed by atoms with Gasteiger partial charge >= 0.3 is 23.1 Å². The summed E-state index contributed by atoms with van der Waals surface area (Å²) in [7, 11) is 7.98. The third kappa shape index (κ3) is 26.2. The molecule has 4 atom stereocenters. The van der Waals surface area contributed by atoms with E-state index in [1.165, 1.54) is 50.0 Å². The summed E-state index contributed by atoms with van der Waals surface area (Å²) >= 11 is 0. The molecular weight excluding hydrogens is 665 g/mol. The molecule has 0 saturated carbocycles. The Bertz CT molecular complexity index is 764. The number of aliphatic carboxylic acids is 2. The number of carbonyl (C=O) groups excluding carboxylic acids is 2. The van der Waals surface area contributed by atoms with Gasteiger partial charge in [-0.2, -0.15) is 0 Å². The van der Waals surface area contributed by atoms with Crippen molar-refractivity contribution in [1.82, 2.24) is 10.6 Å². The monoisotopic (exact) mass is 718 g/mol. The van der Waals surface area contributed by atoms with Crippen molar-refractivity contribution in [3.05, 3.63) is 0 Å². The fraction of sp³-hybridized carbons (Fsp3) is 0.857. The van der Waals surface area contributed by atoms with Crippen LogP contribution in [0.2, 0.25) is 0 Å². The Labute approximate surface area is 301 Å². The molecule has 0 radical (unpaired) electrons. The molecule has 0 spiro atoms. The minimum absolute atomic E-state index is 0. The first-order valence-corrected chi connectivity index (χ1v) is 20.5. The average Bonchev–Trinajstić information content (AvgIpc) is 3.69. The fourth-order valence-electron chi connectivity index (χ4n) is 4.64. The number of aliphatic imine (C=N–C) groups is 2. The Hall–Kier alpha value is -0.434. The molecule has 0 aromatic rings. The normalized spacial score (nSPS) is 18.6. The van der Waals surface area contributed by atoms with Crippen molar-refractivity contribution < 1.29 is 19.8 Å². The van der Waals surface area contributed by atoms with Gasteiger partial charge in [-0.25, -0.2) is 0 Å². The number of hydrogen-bond acceptors (Lipinski definition) is 12. The number of rotatable bonds is 24. The van der Waals surface area contributed by atoms with Crippen molar-refractivity contribution in [2.24, 2.45) is 32.9 Å². The van der Waals surface area contributed by atoms with Crippen molar-refractivity contribution in [2.45, 2.75) is 112 Å². The van der Waals surface area contributed by atoms with Crippen LogP contribution >= 0.6 is 43.2 Å². The molecule has 2 unspecified atom stereocenters. The van der Waals surface area contributed by atoms with E-state index in [2.05, 4.69) is 20.6 Å². The summed E-state index contributed by atoms with van der Waals surface area (Å²) < 4.78 is 0. The van der Waals surface area contributed by atoms with Crippen LogP contribution in [0.1, 0.15) is 89.9 Å². The van der Waals surface area contributed by atoms with Gasteiger partial charge in [-0.1, -0.05) is 68.9 Å². The molecule has 2 heterocycles. The molecule has 0 aliphatic carbocycles. The minimum Gasteiger partial charge on any atom is -0.548 e. The van der Waals surface area contributed by atoms with Crippen LogP contribution < -0.4 is 43.8 Å². The predicted octanol–water partition coefficient (Wildman–Crippen LogP) is 0.544. The van der Waals surface area contributed by atoms with Crippen molar-refractivity contribution in [1.29, 1.82) is 0 Å². The molecule has 45 heavy (non-hydrogen) atoms. The van der Waals surface area contributed by atoms with Gasteiger partial charge in [0.15, 0.2) is 11.9 Å². The Morgan fingerprint density at radius 2 is 1.07 bits per heavy atom. The standard InChI is InChI=1S/2C14H28N4O2S2.Mg/c2*15-14(16)18-9-4-6-12(13(19)20)17-8-3-1-2-5-11-7-10-21-22-11;/h2*11-12,17H,1-10H2,(H,19,20)(H4,15,16,18);/q;;+2/p-2/t2*11?,12-;/m00./s1. The van der Waals surface area contributed by atoms with Crippen molar-refractivity contribution >= 4 is 90.1 Å². The summed E-state index contributed by atoms with van der Waals surface area (Å²) in [4.78, 5) is 29.8. The molecule has 2 aliphatic heterocycles. The first-order valence-electron chi connectivity index (χ1n) is 15.7. The molecule has 2 aliphatic rings. The molecule has 0 aromatic heterocycles. The van der Waals surface area contributed by atoms with Gasteiger partial charge in [0.1, 0.15) is 0 Å². The second-order valence-electron chi connectivity index (χ2n) is 10.9. The van der Waals surface area contributed by atoms with Crippen LogP contribution in [-0.4, -0.2) is 107 Å². The maximum atomic E-state index is 11.1. The Kier molecular flexibility index (Phi) is 29.4.